The molecule has 6 fully saturated rings. The molecule has 0 aromatic rings. The Bertz CT molecular complexity index is 3710. The molecule has 5 saturated carbocycles. The quantitative estimate of drug-likeness (QED) is 0.0147. The van der Waals surface area contributed by atoms with Gasteiger partial charge in [0.2, 0.25) is 11.8 Å². The highest BCUT2D eigenvalue weighted by molar-refractivity contribution is 5.96. The number of methoxy groups -OCH3 is 4. The Balaban J connectivity index is 0.000000251. The second kappa shape index (κ2) is 63.2. The molecule has 0 radical (unpaired) electrons. The number of ether oxygens (including phenoxy) is 14. The van der Waals surface area contributed by atoms with Crippen molar-refractivity contribution in [2.45, 2.75) is 225 Å². The van der Waals surface area contributed by atoms with Crippen LogP contribution in [-0.2, 0) is 124 Å². The van der Waals surface area contributed by atoms with Crippen LogP contribution >= 0.6 is 0 Å². The van der Waals surface area contributed by atoms with Gasteiger partial charge < -0.3 is 97.4 Å². The van der Waals surface area contributed by atoms with Crippen LogP contribution in [0.5, 0.6) is 0 Å². The summed E-state index contributed by atoms with van der Waals surface area (Å²) < 4.78 is 72.8. The molecule has 8 heterocycles. The van der Waals surface area contributed by atoms with E-state index in [2.05, 4.69) is 59.8 Å². The largest absolute Gasteiger partial charge is 0.481 e. The number of aliphatic carboxylic acids is 2. The summed E-state index contributed by atoms with van der Waals surface area (Å²) in [6.45, 7) is 10.6. The topological polar surface area (TPSA) is 526 Å². The average molecular weight is 1840 g/mol. The van der Waals surface area contributed by atoms with Crippen molar-refractivity contribution in [3.8, 4) is 0 Å². The number of hydrogen-bond acceptors (Lipinski definition) is 35. The minimum atomic E-state index is -0.880. The van der Waals surface area contributed by atoms with E-state index in [0.29, 0.717) is 122 Å². The van der Waals surface area contributed by atoms with Crippen molar-refractivity contribution in [3.05, 3.63) is 0 Å². The number of aliphatic imine (C=N–C) groups is 7. The third kappa shape index (κ3) is 38.5. The lowest BCUT2D eigenvalue weighted by Crippen LogP contribution is -2.36. The lowest BCUT2D eigenvalue weighted by molar-refractivity contribution is -0.161. The van der Waals surface area contributed by atoms with Crippen LogP contribution in [0.15, 0.2) is 34.9 Å². The van der Waals surface area contributed by atoms with Gasteiger partial charge in [-0.25, -0.2) is 0 Å². The first-order valence-corrected chi connectivity index (χ1v) is 46.6. The van der Waals surface area contributed by atoms with Crippen molar-refractivity contribution in [1.82, 2.24) is 10.6 Å². The Hall–Kier alpha value is -9.95. The zero-order valence-corrected chi connectivity index (χ0v) is 77.0. The molecule has 0 spiro atoms. The van der Waals surface area contributed by atoms with E-state index in [-0.39, 0.29) is 104 Å². The Labute approximate surface area is 762 Å². The maximum Gasteiger partial charge on any atom is 0.317 e. The zero-order valence-electron chi connectivity index (χ0n) is 77.0. The molecule has 0 aromatic heterocycles. The van der Waals surface area contributed by atoms with Crippen molar-refractivity contribution in [2.24, 2.45) is 112 Å². The van der Waals surface area contributed by atoms with Crippen molar-refractivity contribution < 1.29 is 144 Å². The Morgan fingerprint density at radius 2 is 0.600 bits per heavy atom. The third-order valence-electron chi connectivity index (χ3n) is 24.7. The predicted octanol–water partition coefficient (Wildman–Crippen LogP) is 8.13. The highest BCUT2D eigenvalue weighted by Crippen LogP contribution is 2.38. The molecule has 8 aliphatic heterocycles. The third-order valence-corrected chi connectivity index (χ3v) is 24.7. The van der Waals surface area contributed by atoms with Gasteiger partial charge in [-0.15, -0.1) is 0 Å². The lowest BCUT2D eigenvalue weighted by atomic mass is 9.79. The highest BCUT2D eigenvalue weighted by atomic mass is 16.6. The number of aliphatic hydroxyl groups excluding tert-OH is 2. The van der Waals surface area contributed by atoms with Gasteiger partial charge in [0.25, 0.3) is 0 Å². The fraction of sp³-hybridized carbons (Fsp3) is 0.791. The van der Waals surface area contributed by atoms with Gasteiger partial charge in [0, 0.05) is 70.5 Å². The van der Waals surface area contributed by atoms with Crippen molar-refractivity contribution >= 4 is 113 Å². The summed E-state index contributed by atoms with van der Waals surface area (Å²) in [6, 6.07) is 0. The van der Waals surface area contributed by atoms with E-state index in [9.17, 15) is 57.5 Å². The average Bonchev–Trinajstić information content (AvgIpc) is 1.68. The molecule has 39 nitrogen and oxygen atoms in total. The molecule has 13 atom stereocenters. The number of nitrogens with zero attached hydrogens (tertiary/aromatic N) is 7. The summed E-state index contributed by atoms with van der Waals surface area (Å²) in [4.78, 5) is 170. The SMILES string of the molecule is C(CC1=NCCO1)CC(CCC1=NCCO1)C1=NCCO1.CO.CO.COC(=O)C1CCCCC1C(=O)O.COC(=O)C1CCCCC1C(=O)O.COC(=O)C1CCCCC1C(=O)OCCNC(=O)CCC(CCCC1=NCCO1)C1=NCCO1.COC(=O)C1CCCCC1C(=O)OCCNC(=O)CCCC(CCC1=NCCO1)C1=NCCO1.O=C1OC(=O)C2CCCCC12. The number of fused-ring (bicyclic) bond motifs is 1. The van der Waals surface area contributed by atoms with Crippen LogP contribution < -0.4 is 10.6 Å². The van der Waals surface area contributed by atoms with Crippen molar-refractivity contribution in [2.75, 3.05) is 161 Å². The lowest BCUT2D eigenvalue weighted by Gasteiger charge is -2.27. The van der Waals surface area contributed by atoms with Crippen LogP contribution in [0, 0.1) is 76.9 Å². The summed E-state index contributed by atoms with van der Waals surface area (Å²) >= 11 is 0. The molecule has 13 aliphatic rings. The number of carbonyl (C=O) groups excluding carboxylic acids is 10. The molecular formula is C91H143N9O30. The molecular weight excluding hydrogens is 1700 g/mol. The van der Waals surface area contributed by atoms with Gasteiger partial charge in [-0.05, 0) is 122 Å². The summed E-state index contributed by atoms with van der Waals surface area (Å²) in [7, 11) is 7.28. The maximum absolute atomic E-state index is 12.4. The minimum Gasteiger partial charge on any atom is -0.481 e. The second-order valence-electron chi connectivity index (χ2n) is 33.1. The Morgan fingerprint density at radius 1 is 0.331 bits per heavy atom. The first-order valence-electron chi connectivity index (χ1n) is 46.6. The molecule has 1 saturated heterocycles. The molecule has 5 aliphatic carbocycles. The number of esters is 8. The van der Waals surface area contributed by atoms with E-state index in [1.54, 1.807) is 0 Å². The van der Waals surface area contributed by atoms with E-state index >= 15 is 0 Å². The molecule has 13 unspecified atom stereocenters. The summed E-state index contributed by atoms with van der Waals surface area (Å²) in [6.07, 6.45) is 27.9. The number of carboxylic acid groups (broad SMARTS) is 2. The maximum atomic E-state index is 12.4. The van der Waals surface area contributed by atoms with E-state index < -0.39 is 65.3 Å². The van der Waals surface area contributed by atoms with E-state index in [0.717, 1.165) is 256 Å². The van der Waals surface area contributed by atoms with Gasteiger partial charge in [-0.3, -0.25) is 92.5 Å². The van der Waals surface area contributed by atoms with Crippen LogP contribution in [0.3, 0.4) is 0 Å². The van der Waals surface area contributed by atoms with Gasteiger partial charge in [-0.1, -0.05) is 64.2 Å². The number of carbonyl (C=O) groups is 12. The molecule has 130 heavy (non-hydrogen) atoms. The number of aliphatic hydroxyl groups is 2. The number of cyclic esters (lactones) is 2. The fourth-order valence-corrected chi connectivity index (χ4v) is 17.9. The van der Waals surface area contributed by atoms with Crippen molar-refractivity contribution in [3.63, 3.8) is 0 Å². The van der Waals surface area contributed by atoms with Gasteiger partial charge in [0.05, 0.1) is 147 Å². The monoisotopic (exact) mass is 1840 g/mol. The first-order chi connectivity index (χ1) is 63.2. The smallest absolute Gasteiger partial charge is 0.317 e. The van der Waals surface area contributed by atoms with Gasteiger partial charge in [0.15, 0.2) is 41.3 Å². The number of hydrogen-bond donors (Lipinski definition) is 6. The van der Waals surface area contributed by atoms with E-state index in [1.807, 2.05) is 0 Å². The number of amides is 2. The number of nitrogens with one attached hydrogen (secondary N) is 2. The van der Waals surface area contributed by atoms with Crippen LogP contribution in [0.1, 0.15) is 225 Å². The van der Waals surface area contributed by atoms with Crippen LogP contribution in [0.4, 0.5) is 0 Å². The summed E-state index contributed by atoms with van der Waals surface area (Å²) in [5.74, 6) is -2.30. The second-order valence-corrected chi connectivity index (χ2v) is 33.1. The Kier molecular flexibility index (Phi) is 52.9. The van der Waals surface area contributed by atoms with Crippen LogP contribution in [0.25, 0.3) is 0 Å². The van der Waals surface area contributed by atoms with E-state index in [4.69, 9.17) is 72.5 Å². The molecule has 13 rings (SSSR count). The molecule has 6 N–H and O–H groups in total. The predicted molar refractivity (Wildman–Crippen MR) is 473 cm³/mol. The number of carboxylic acids is 2. The van der Waals surface area contributed by atoms with E-state index in [1.165, 1.54) is 28.4 Å². The highest BCUT2D eigenvalue weighted by Gasteiger charge is 2.46. The normalized spacial score (nSPS) is 24.2. The standard InChI is InChI=1S/2C24H37N3O7.C15H23N3O3.2C9H14O4.C8H10O3.2CH4O/c1-31-23(29)18-6-2-3-7-19(18)24(30)34-16-11-25-20(28)10-9-17(22-27-13-15-33-22)5-4-8-21-26-12-14-32-21;1-31-23(29)18-6-2-3-7-19(18)24(30)34-16-11-25-20(28)8-4-5-17(22-27-13-15-33-22)9-10-21-26-12-14-32-21;1(3-13-16-6-9-19-13)2-12(15-18-8-11-21-15)4-5-14-17-7-10-20-14;2*1-13-9(12)7-5-3-2-4-6(7)8(10)11;9-7-5-3-1-2-4-6(5)8(10)11-7;2*1-2/h2*17-19H,2-16H2,1H3,(H,25,28);12H,1-11H2;2*6-7H,2-5H2,1H3,(H,10,11);5-6H,1-4H2;2*2H,1H3. The summed E-state index contributed by atoms with van der Waals surface area (Å²) in [5.41, 5.74) is 0. The first kappa shape index (κ1) is 109. The van der Waals surface area contributed by atoms with Crippen molar-refractivity contribution in [1.29, 1.82) is 0 Å². The molecule has 732 valence electrons. The molecule has 39 heteroatoms. The number of rotatable bonds is 38. The van der Waals surface area contributed by atoms with Crippen LogP contribution in [-0.4, -0.2) is 294 Å². The minimum absolute atomic E-state index is 0.0797. The van der Waals surface area contributed by atoms with Gasteiger partial charge in [0.1, 0.15) is 59.5 Å². The van der Waals surface area contributed by atoms with Gasteiger partial charge in [-0.2, -0.15) is 0 Å². The van der Waals surface area contributed by atoms with Gasteiger partial charge >= 0.3 is 59.7 Å². The molecule has 0 aromatic carbocycles. The molecule has 0 bridgehead atoms. The summed E-state index contributed by atoms with van der Waals surface area (Å²) in [5, 5.41) is 37.3. The van der Waals surface area contributed by atoms with Crippen LogP contribution in [0.2, 0.25) is 0 Å². The zero-order chi connectivity index (χ0) is 94.2. The molecule has 2 amide bonds. The Morgan fingerprint density at radius 3 is 0.900 bits per heavy atom. The fourth-order valence-electron chi connectivity index (χ4n) is 17.9.